The molecule has 4 N–H and O–H groups in total. The zero-order valence-corrected chi connectivity index (χ0v) is 10.9. The number of rotatable bonds is 0. The lowest BCUT2D eigenvalue weighted by atomic mass is 9.94. The van der Waals surface area contributed by atoms with E-state index in [0.29, 0.717) is 0 Å². The van der Waals surface area contributed by atoms with Gasteiger partial charge in [0.05, 0.1) is 0 Å². The van der Waals surface area contributed by atoms with Gasteiger partial charge in [0.2, 0.25) is 0 Å². The van der Waals surface area contributed by atoms with Gasteiger partial charge in [-0.1, -0.05) is 48.5 Å². The topological polar surface area (TPSA) is 52.0 Å². The first-order chi connectivity index (χ1) is 9.75. The second-order valence-corrected chi connectivity index (χ2v) is 5.12. The van der Waals surface area contributed by atoms with Gasteiger partial charge in [0.25, 0.3) is 0 Å². The highest BCUT2D eigenvalue weighted by atomic mass is 14.6. The molecular formula is C18H14N2. The molecule has 4 aromatic rings. The standard InChI is InChI=1S/C18H14N2/c19-16-9-11-10-17(20)13-6-2-4-8-15(13)18(11)14-7-3-1-5-12(14)16/h1-10H,19-20H2. The van der Waals surface area contributed by atoms with Crippen LogP contribution in [-0.2, 0) is 0 Å². The summed E-state index contributed by atoms with van der Waals surface area (Å²) in [6.07, 6.45) is 0. The summed E-state index contributed by atoms with van der Waals surface area (Å²) in [4.78, 5) is 0. The second kappa shape index (κ2) is 3.87. The second-order valence-electron chi connectivity index (χ2n) is 5.12. The Morgan fingerprint density at radius 3 is 1.40 bits per heavy atom. The lowest BCUT2D eigenvalue weighted by Gasteiger charge is -2.12. The molecule has 4 aromatic carbocycles. The van der Waals surface area contributed by atoms with Crippen LogP contribution in [0.25, 0.3) is 32.3 Å². The molecule has 0 fully saturated rings. The smallest absolute Gasteiger partial charge is 0.0400 e. The summed E-state index contributed by atoms with van der Waals surface area (Å²) < 4.78 is 0. The number of benzene rings is 4. The van der Waals surface area contributed by atoms with Crippen LogP contribution in [0, 0.1) is 0 Å². The monoisotopic (exact) mass is 258 g/mol. The van der Waals surface area contributed by atoms with Crippen LogP contribution >= 0.6 is 0 Å². The highest BCUT2D eigenvalue weighted by Gasteiger charge is 2.09. The minimum absolute atomic E-state index is 0.794. The summed E-state index contributed by atoms with van der Waals surface area (Å²) in [5.74, 6) is 0. The van der Waals surface area contributed by atoms with Crippen molar-refractivity contribution in [3.05, 3.63) is 60.7 Å². The van der Waals surface area contributed by atoms with Crippen LogP contribution in [0.5, 0.6) is 0 Å². The van der Waals surface area contributed by atoms with E-state index in [9.17, 15) is 0 Å². The maximum atomic E-state index is 6.18. The summed E-state index contributed by atoms with van der Waals surface area (Å²) >= 11 is 0. The Labute approximate surface area is 116 Å². The van der Waals surface area contributed by atoms with E-state index in [0.717, 1.165) is 27.5 Å². The molecule has 0 heterocycles. The molecule has 2 heteroatoms. The van der Waals surface area contributed by atoms with Crippen molar-refractivity contribution in [3.8, 4) is 0 Å². The van der Waals surface area contributed by atoms with Crippen molar-refractivity contribution in [3.63, 3.8) is 0 Å². The van der Waals surface area contributed by atoms with Crippen molar-refractivity contribution in [2.45, 2.75) is 0 Å². The molecule has 0 bridgehead atoms. The van der Waals surface area contributed by atoms with Crippen LogP contribution in [-0.4, -0.2) is 0 Å². The molecule has 96 valence electrons. The lowest BCUT2D eigenvalue weighted by Crippen LogP contribution is -1.92. The van der Waals surface area contributed by atoms with Crippen molar-refractivity contribution >= 4 is 43.7 Å². The van der Waals surface area contributed by atoms with Gasteiger partial charge in [0, 0.05) is 22.1 Å². The molecule has 0 amide bonds. The zero-order chi connectivity index (χ0) is 13.7. The van der Waals surface area contributed by atoms with Crippen molar-refractivity contribution in [2.24, 2.45) is 0 Å². The molecule has 0 saturated carbocycles. The van der Waals surface area contributed by atoms with E-state index < -0.39 is 0 Å². The molecule has 0 unspecified atom stereocenters. The Balaban J connectivity index is 2.40. The maximum absolute atomic E-state index is 6.18. The molecule has 0 aromatic heterocycles. The molecule has 0 aliphatic carbocycles. The average molecular weight is 258 g/mol. The van der Waals surface area contributed by atoms with Gasteiger partial charge in [0.15, 0.2) is 0 Å². The predicted molar refractivity (Wildman–Crippen MR) is 87.8 cm³/mol. The summed E-state index contributed by atoms with van der Waals surface area (Å²) in [6, 6.07) is 20.5. The number of nitrogens with two attached hydrogens (primary N) is 2. The third-order valence-electron chi connectivity index (χ3n) is 3.93. The average Bonchev–Trinajstić information content (AvgIpc) is 2.47. The van der Waals surface area contributed by atoms with Gasteiger partial charge in [-0.2, -0.15) is 0 Å². The predicted octanol–water partition coefficient (Wildman–Crippen LogP) is 4.31. The highest BCUT2D eigenvalue weighted by molar-refractivity contribution is 6.24. The minimum atomic E-state index is 0.794. The van der Waals surface area contributed by atoms with Crippen LogP contribution in [0.2, 0.25) is 0 Å². The first-order valence-electron chi connectivity index (χ1n) is 6.64. The van der Waals surface area contributed by atoms with E-state index in [1.54, 1.807) is 0 Å². The zero-order valence-electron chi connectivity index (χ0n) is 10.9. The van der Waals surface area contributed by atoms with Gasteiger partial charge in [-0.25, -0.2) is 0 Å². The van der Waals surface area contributed by atoms with Crippen molar-refractivity contribution in [2.75, 3.05) is 11.5 Å². The van der Waals surface area contributed by atoms with Crippen LogP contribution in [0.1, 0.15) is 0 Å². The summed E-state index contributed by atoms with van der Waals surface area (Å²) in [5.41, 5.74) is 13.9. The van der Waals surface area contributed by atoms with Gasteiger partial charge in [-0.15, -0.1) is 0 Å². The van der Waals surface area contributed by atoms with E-state index in [1.807, 2.05) is 36.4 Å². The molecule has 0 spiro atoms. The maximum Gasteiger partial charge on any atom is 0.0400 e. The van der Waals surface area contributed by atoms with Crippen LogP contribution in [0.4, 0.5) is 11.4 Å². The Morgan fingerprint density at radius 1 is 0.550 bits per heavy atom. The van der Waals surface area contributed by atoms with Gasteiger partial charge < -0.3 is 11.5 Å². The van der Waals surface area contributed by atoms with E-state index >= 15 is 0 Å². The van der Waals surface area contributed by atoms with E-state index in [1.165, 1.54) is 16.2 Å². The number of hydrogen-bond acceptors (Lipinski definition) is 2. The summed E-state index contributed by atoms with van der Waals surface area (Å²) in [6.45, 7) is 0. The molecular weight excluding hydrogens is 244 g/mol. The first kappa shape index (κ1) is 11.1. The number of nitrogen functional groups attached to an aromatic ring is 2. The van der Waals surface area contributed by atoms with Crippen molar-refractivity contribution in [1.82, 2.24) is 0 Å². The molecule has 0 aliphatic heterocycles. The Hall–Kier alpha value is -2.74. The quantitative estimate of drug-likeness (QED) is 0.365. The molecule has 2 nitrogen and oxygen atoms in total. The Bertz CT molecular complexity index is 894. The number of fused-ring (bicyclic) bond motifs is 5. The fourth-order valence-electron chi connectivity index (χ4n) is 3.04. The molecule has 0 aliphatic rings. The molecule has 0 saturated heterocycles. The van der Waals surface area contributed by atoms with Crippen molar-refractivity contribution in [1.29, 1.82) is 0 Å². The fraction of sp³-hybridized carbons (Fsp3) is 0. The van der Waals surface area contributed by atoms with E-state index in [2.05, 4.69) is 24.3 Å². The minimum Gasteiger partial charge on any atom is -0.398 e. The van der Waals surface area contributed by atoms with Gasteiger partial charge in [0.1, 0.15) is 0 Å². The fourth-order valence-corrected chi connectivity index (χ4v) is 3.04. The summed E-state index contributed by atoms with van der Waals surface area (Å²) in [5, 5.41) is 6.86. The van der Waals surface area contributed by atoms with Gasteiger partial charge in [-0.3, -0.25) is 0 Å². The molecule has 0 radical (unpaired) electrons. The Kier molecular flexibility index (Phi) is 2.15. The van der Waals surface area contributed by atoms with Crippen LogP contribution in [0.3, 0.4) is 0 Å². The first-order valence-corrected chi connectivity index (χ1v) is 6.64. The van der Waals surface area contributed by atoms with Crippen molar-refractivity contribution < 1.29 is 0 Å². The number of anilines is 2. The van der Waals surface area contributed by atoms with E-state index in [4.69, 9.17) is 11.5 Å². The molecule has 20 heavy (non-hydrogen) atoms. The largest absolute Gasteiger partial charge is 0.398 e. The van der Waals surface area contributed by atoms with E-state index in [-0.39, 0.29) is 0 Å². The Morgan fingerprint density at radius 2 is 0.950 bits per heavy atom. The molecule has 4 rings (SSSR count). The van der Waals surface area contributed by atoms with Crippen LogP contribution in [0.15, 0.2) is 60.7 Å². The highest BCUT2D eigenvalue weighted by Crippen LogP contribution is 2.37. The van der Waals surface area contributed by atoms with Gasteiger partial charge in [-0.05, 0) is 33.7 Å². The third kappa shape index (κ3) is 1.39. The summed E-state index contributed by atoms with van der Waals surface area (Å²) in [7, 11) is 0. The number of hydrogen-bond donors (Lipinski definition) is 2. The van der Waals surface area contributed by atoms with Gasteiger partial charge >= 0.3 is 0 Å². The van der Waals surface area contributed by atoms with Crippen LogP contribution < -0.4 is 11.5 Å². The normalized spacial score (nSPS) is 11.4. The lowest BCUT2D eigenvalue weighted by molar-refractivity contribution is 1.75. The SMILES string of the molecule is Nc1cc2cc(N)c3ccccc3c2c2ccccc12. The third-order valence-corrected chi connectivity index (χ3v) is 3.93. The molecule has 0 atom stereocenters.